The summed E-state index contributed by atoms with van der Waals surface area (Å²) >= 11 is 3.40. The first-order valence-electron chi connectivity index (χ1n) is 4.43. The van der Waals surface area contributed by atoms with E-state index in [2.05, 4.69) is 25.9 Å². The van der Waals surface area contributed by atoms with Gasteiger partial charge in [0.1, 0.15) is 5.65 Å². The number of halogens is 1. The van der Waals surface area contributed by atoms with Crippen LogP contribution in [0.15, 0.2) is 35.1 Å². The summed E-state index contributed by atoms with van der Waals surface area (Å²) in [6.45, 7) is 0. The van der Waals surface area contributed by atoms with Crippen molar-refractivity contribution < 1.29 is 0 Å². The second-order valence-electron chi connectivity index (χ2n) is 3.25. The molecular weight excluding hydrogens is 256 g/mol. The summed E-state index contributed by atoms with van der Waals surface area (Å²) in [5, 5.41) is 0.998. The molecule has 0 aliphatic carbocycles. The number of nitrogens with two attached hydrogens (primary N) is 1. The molecule has 2 N–H and O–H groups in total. The second kappa shape index (κ2) is 2.93. The molecule has 0 unspecified atom stereocenters. The number of imidazole rings is 1. The van der Waals surface area contributed by atoms with Gasteiger partial charge in [0, 0.05) is 22.3 Å². The van der Waals surface area contributed by atoms with E-state index in [0.29, 0.717) is 5.95 Å². The van der Waals surface area contributed by atoms with Crippen LogP contribution in [0.5, 0.6) is 0 Å². The molecule has 15 heavy (non-hydrogen) atoms. The Morgan fingerprint density at radius 3 is 3.07 bits per heavy atom. The van der Waals surface area contributed by atoms with Crippen LogP contribution in [0, 0.1) is 0 Å². The normalized spacial score (nSPS) is 11.3. The van der Waals surface area contributed by atoms with Gasteiger partial charge in [0.05, 0.1) is 5.52 Å². The van der Waals surface area contributed by atoms with Gasteiger partial charge in [-0.2, -0.15) is 0 Å². The minimum Gasteiger partial charge on any atom is -0.369 e. The van der Waals surface area contributed by atoms with Gasteiger partial charge in [0.2, 0.25) is 5.95 Å². The fourth-order valence-corrected chi connectivity index (χ4v) is 2.00. The van der Waals surface area contributed by atoms with Crippen molar-refractivity contribution in [3.63, 3.8) is 0 Å². The lowest BCUT2D eigenvalue weighted by Crippen LogP contribution is -2.00. The van der Waals surface area contributed by atoms with E-state index in [9.17, 15) is 0 Å². The van der Waals surface area contributed by atoms with E-state index >= 15 is 0 Å². The van der Waals surface area contributed by atoms with E-state index < -0.39 is 0 Å². The van der Waals surface area contributed by atoms with E-state index in [-0.39, 0.29) is 0 Å². The summed E-state index contributed by atoms with van der Waals surface area (Å²) in [7, 11) is 0. The highest BCUT2D eigenvalue weighted by atomic mass is 79.9. The SMILES string of the molecule is Nc1nc2cc(Br)ccc2c2nccn12. The Kier molecular flexibility index (Phi) is 1.70. The molecule has 0 radical (unpaired) electrons. The summed E-state index contributed by atoms with van der Waals surface area (Å²) in [5.41, 5.74) is 7.50. The van der Waals surface area contributed by atoms with E-state index in [0.717, 1.165) is 21.0 Å². The van der Waals surface area contributed by atoms with Gasteiger partial charge in [-0.1, -0.05) is 15.9 Å². The van der Waals surface area contributed by atoms with E-state index in [1.54, 1.807) is 16.8 Å². The smallest absolute Gasteiger partial charge is 0.206 e. The average Bonchev–Trinajstić information content (AvgIpc) is 2.66. The Hall–Kier alpha value is -1.62. The maximum Gasteiger partial charge on any atom is 0.206 e. The zero-order valence-corrected chi connectivity index (χ0v) is 9.27. The van der Waals surface area contributed by atoms with Crippen molar-refractivity contribution in [3.05, 3.63) is 35.1 Å². The molecule has 0 spiro atoms. The third kappa shape index (κ3) is 1.20. The minimum absolute atomic E-state index is 0.452. The first-order valence-corrected chi connectivity index (χ1v) is 5.23. The predicted molar refractivity (Wildman–Crippen MR) is 62.6 cm³/mol. The van der Waals surface area contributed by atoms with E-state index in [4.69, 9.17) is 5.73 Å². The maximum atomic E-state index is 5.81. The number of benzene rings is 1. The molecule has 1 aromatic carbocycles. The van der Waals surface area contributed by atoms with Gasteiger partial charge in [-0.25, -0.2) is 9.97 Å². The van der Waals surface area contributed by atoms with Crippen molar-refractivity contribution >= 4 is 38.4 Å². The monoisotopic (exact) mass is 262 g/mol. The highest BCUT2D eigenvalue weighted by molar-refractivity contribution is 9.10. The largest absolute Gasteiger partial charge is 0.369 e. The molecule has 0 fully saturated rings. The highest BCUT2D eigenvalue weighted by Gasteiger charge is 2.06. The summed E-state index contributed by atoms with van der Waals surface area (Å²) < 4.78 is 2.76. The third-order valence-electron chi connectivity index (χ3n) is 2.32. The zero-order valence-electron chi connectivity index (χ0n) is 7.68. The van der Waals surface area contributed by atoms with Crippen molar-refractivity contribution in [3.8, 4) is 0 Å². The van der Waals surface area contributed by atoms with Gasteiger partial charge in [-0.05, 0) is 18.2 Å². The summed E-state index contributed by atoms with van der Waals surface area (Å²) in [4.78, 5) is 8.57. The molecule has 0 saturated carbocycles. The molecule has 0 aliphatic heterocycles. The van der Waals surface area contributed by atoms with Crippen molar-refractivity contribution in [2.75, 3.05) is 5.73 Å². The Morgan fingerprint density at radius 1 is 1.33 bits per heavy atom. The van der Waals surface area contributed by atoms with E-state index in [1.807, 2.05) is 18.2 Å². The molecular formula is C10H7BrN4. The van der Waals surface area contributed by atoms with Crippen molar-refractivity contribution in [1.82, 2.24) is 14.4 Å². The average molecular weight is 263 g/mol. The van der Waals surface area contributed by atoms with Crippen LogP contribution in [0.3, 0.4) is 0 Å². The van der Waals surface area contributed by atoms with Gasteiger partial charge in [-0.15, -0.1) is 0 Å². The number of nitrogen functional groups attached to an aromatic ring is 1. The van der Waals surface area contributed by atoms with Crippen LogP contribution in [-0.4, -0.2) is 14.4 Å². The molecule has 0 saturated heterocycles. The molecule has 0 aliphatic rings. The number of fused-ring (bicyclic) bond motifs is 3. The lowest BCUT2D eigenvalue weighted by Gasteiger charge is -2.03. The Labute approximate surface area is 93.9 Å². The number of hydrogen-bond acceptors (Lipinski definition) is 3. The van der Waals surface area contributed by atoms with Crippen molar-refractivity contribution in [2.24, 2.45) is 0 Å². The summed E-state index contributed by atoms with van der Waals surface area (Å²) in [5.74, 6) is 0.452. The maximum absolute atomic E-state index is 5.81. The number of rotatable bonds is 0. The molecule has 2 aromatic heterocycles. The molecule has 0 bridgehead atoms. The van der Waals surface area contributed by atoms with Gasteiger partial charge >= 0.3 is 0 Å². The van der Waals surface area contributed by atoms with Crippen LogP contribution in [0.2, 0.25) is 0 Å². The van der Waals surface area contributed by atoms with Gasteiger partial charge in [0.15, 0.2) is 0 Å². The highest BCUT2D eigenvalue weighted by Crippen LogP contribution is 2.22. The molecule has 0 atom stereocenters. The molecule has 0 amide bonds. The van der Waals surface area contributed by atoms with Crippen LogP contribution in [-0.2, 0) is 0 Å². The molecule has 3 aromatic rings. The van der Waals surface area contributed by atoms with Crippen LogP contribution in [0.1, 0.15) is 0 Å². The molecule has 74 valence electrons. The fraction of sp³-hybridized carbons (Fsp3) is 0. The standard InChI is InChI=1S/C10H7BrN4/c11-6-1-2-7-8(5-6)14-10(12)15-4-3-13-9(7)15/h1-5H,(H2,12,14). The predicted octanol–water partition coefficient (Wildman–Crippen LogP) is 2.23. The van der Waals surface area contributed by atoms with E-state index in [1.165, 1.54) is 0 Å². The number of nitrogens with zero attached hydrogens (tertiary/aromatic N) is 3. The summed E-state index contributed by atoms with van der Waals surface area (Å²) in [6.07, 6.45) is 3.52. The van der Waals surface area contributed by atoms with Crippen molar-refractivity contribution in [2.45, 2.75) is 0 Å². The molecule has 5 heteroatoms. The molecule has 2 heterocycles. The fourth-order valence-electron chi connectivity index (χ4n) is 1.65. The van der Waals surface area contributed by atoms with Crippen LogP contribution < -0.4 is 5.73 Å². The Balaban J connectivity index is 2.60. The Morgan fingerprint density at radius 2 is 2.20 bits per heavy atom. The number of anilines is 1. The van der Waals surface area contributed by atoms with Crippen LogP contribution >= 0.6 is 15.9 Å². The van der Waals surface area contributed by atoms with Crippen LogP contribution in [0.25, 0.3) is 16.6 Å². The molecule has 4 nitrogen and oxygen atoms in total. The summed E-state index contributed by atoms with van der Waals surface area (Å²) in [6, 6.07) is 5.88. The quantitative estimate of drug-likeness (QED) is 0.676. The van der Waals surface area contributed by atoms with Crippen molar-refractivity contribution in [1.29, 1.82) is 0 Å². The lowest BCUT2D eigenvalue weighted by molar-refractivity contribution is 1.14. The number of aromatic nitrogens is 3. The topological polar surface area (TPSA) is 56.2 Å². The minimum atomic E-state index is 0.452. The second-order valence-corrected chi connectivity index (χ2v) is 4.17. The first kappa shape index (κ1) is 8.67. The lowest BCUT2D eigenvalue weighted by atomic mass is 10.2. The third-order valence-corrected chi connectivity index (χ3v) is 2.82. The van der Waals surface area contributed by atoms with Gasteiger partial charge in [-0.3, -0.25) is 4.40 Å². The zero-order chi connectivity index (χ0) is 10.4. The number of hydrogen-bond donors (Lipinski definition) is 1. The molecule has 3 rings (SSSR count). The first-order chi connectivity index (χ1) is 7.25. The van der Waals surface area contributed by atoms with Crippen LogP contribution in [0.4, 0.5) is 5.95 Å². The van der Waals surface area contributed by atoms with Gasteiger partial charge < -0.3 is 5.73 Å². The van der Waals surface area contributed by atoms with Gasteiger partial charge in [0.25, 0.3) is 0 Å². The Bertz CT molecular complexity index is 659.